The van der Waals surface area contributed by atoms with Gasteiger partial charge in [0.2, 0.25) is 0 Å². The Morgan fingerprint density at radius 3 is 1.32 bits per heavy atom. The van der Waals surface area contributed by atoms with Crippen LogP contribution in [0.2, 0.25) is 0 Å². The van der Waals surface area contributed by atoms with Gasteiger partial charge in [-0.2, -0.15) is 0 Å². The van der Waals surface area contributed by atoms with Gasteiger partial charge in [-0.1, -0.05) is 52.0 Å². The quantitative estimate of drug-likeness (QED) is 0.0391. The lowest BCUT2D eigenvalue weighted by atomic mass is 10.1. The molecule has 0 spiro atoms. The molecule has 0 fully saturated rings. The number of carbonyl (C=O) groups excluding carboxylic acids is 4. The summed E-state index contributed by atoms with van der Waals surface area (Å²) < 4.78 is 22.5. The SMILES string of the molecule is CCOc1cc(/C=C/C(=O)CC(=O)/C=C/c2ccc(OC(=O)CCNCCN(CC)CC)c(OCC)c2)ccc1OC(=O)CCNCCN(CC)CC. The zero-order chi connectivity index (χ0) is 38.8. The average Bonchev–Trinajstić information content (AvgIpc) is 3.15. The van der Waals surface area contributed by atoms with Crippen molar-refractivity contribution in [1.29, 1.82) is 0 Å². The van der Waals surface area contributed by atoms with Crippen LogP contribution >= 0.6 is 0 Å². The second kappa shape index (κ2) is 26.4. The lowest BCUT2D eigenvalue weighted by molar-refractivity contribution is -0.135. The van der Waals surface area contributed by atoms with Crippen molar-refractivity contribution in [3.05, 3.63) is 59.7 Å². The molecular formula is C41H60N4O8. The van der Waals surface area contributed by atoms with Gasteiger partial charge in [0.25, 0.3) is 0 Å². The number of nitrogens with zero attached hydrogens (tertiary/aromatic N) is 2. The Balaban J connectivity index is 1.89. The highest BCUT2D eigenvalue weighted by atomic mass is 16.6. The summed E-state index contributed by atoms with van der Waals surface area (Å²) in [6, 6.07) is 10.0. The molecule has 0 saturated carbocycles. The minimum Gasteiger partial charge on any atom is -0.490 e. The van der Waals surface area contributed by atoms with Crippen LogP contribution in [-0.2, 0) is 19.2 Å². The molecule has 0 aromatic heterocycles. The molecule has 12 heteroatoms. The van der Waals surface area contributed by atoms with Crippen molar-refractivity contribution >= 4 is 35.7 Å². The highest BCUT2D eigenvalue weighted by molar-refractivity contribution is 6.10. The summed E-state index contributed by atoms with van der Waals surface area (Å²) in [6.07, 6.45) is 5.96. The van der Waals surface area contributed by atoms with E-state index in [1.54, 1.807) is 48.6 Å². The van der Waals surface area contributed by atoms with E-state index in [4.69, 9.17) is 18.9 Å². The minimum atomic E-state index is -0.375. The summed E-state index contributed by atoms with van der Waals surface area (Å²) in [5, 5.41) is 6.54. The summed E-state index contributed by atoms with van der Waals surface area (Å²) in [4.78, 5) is 54.7. The molecule has 0 atom stereocenters. The Morgan fingerprint density at radius 1 is 0.566 bits per heavy atom. The van der Waals surface area contributed by atoms with E-state index in [2.05, 4.69) is 48.1 Å². The molecule has 2 rings (SSSR count). The average molecular weight is 737 g/mol. The van der Waals surface area contributed by atoms with Crippen LogP contribution in [0.4, 0.5) is 0 Å². The topological polar surface area (TPSA) is 136 Å². The predicted octanol–water partition coefficient (Wildman–Crippen LogP) is 5.19. The van der Waals surface area contributed by atoms with E-state index in [0.29, 0.717) is 60.4 Å². The number of ketones is 2. The highest BCUT2D eigenvalue weighted by Gasteiger charge is 2.13. The van der Waals surface area contributed by atoms with Crippen LogP contribution in [0.15, 0.2) is 48.6 Å². The van der Waals surface area contributed by atoms with Gasteiger partial charge in [-0.25, -0.2) is 0 Å². The zero-order valence-electron chi connectivity index (χ0n) is 32.5. The van der Waals surface area contributed by atoms with Crippen LogP contribution in [-0.4, -0.2) is 112 Å². The molecule has 12 nitrogen and oxygen atoms in total. The van der Waals surface area contributed by atoms with E-state index in [9.17, 15) is 19.2 Å². The fourth-order valence-electron chi connectivity index (χ4n) is 5.16. The third-order valence-electron chi connectivity index (χ3n) is 8.26. The van der Waals surface area contributed by atoms with Gasteiger partial charge in [-0.3, -0.25) is 19.2 Å². The maximum atomic E-state index is 12.6. The van der Waals surface area contributed by atoms with Gasteiger partial charge < -0.3 is 39.4 Å². The van der Waals surface area contributed by atoms with Gasteiger partial charge in [-0.05, 0) is 87.6 Å². The number of benzene rings is 2. The molecule has 0 aliphatic rings. The first-order valence-corrected chi connectivity index (χ1v) is 18.9. The highest BCUT2D eigenvalue weighted by Crippen LogP contribution is 2.30. The molecule has 0 heterocycles. The maximum absolute atomic E-state index is 12.6. The van der Waals surface area contributed by atoms with Crippen molar-refractivity contribution in [3.8, 4) is 23.0 Å². The van der Waals surface area contributed by atoms with Crippen LogP contribution in [0.3, 0.4) is 0 Å². The second-order valence-electron chi connectivity index (χ2n) is 12.1. The Labute approximate surface area is 315 Å². The molecule has 0 aliphatic carbocycles. The number of esters is 2. The van der Waals surface area contributed by atoms with E-state index in [-0.39, 0.29) is 42.8 Å². The smallest absolute Gasteiger partial charge is 0.312 e. The second-order valence-corrected chi connectivity index (χ2v) is 12.1. The molecule has 0 aliphatic heterocycles. The fourth-order valence-corrected chi connectivity index (χ4v) is 5.16. The van der Waals surface area contributed by atoms with E-state index in [1.165, 1.54) is 12.2 Å². The van der Waals surface area contributed by atoms with Crippen molar-refractivity contribution < 1.29 is 38.1 Å². The number of allylic oxidation sites excluding steroid dienone is 2. The van der Waals surface area contributed by atoms with Crippen molar-refractivity contribution in [1.82, 2.24) is 20.4 Å². The Bertz CT molecular complexity index is 1370. The lowest BCUT2D eigenvalue weighted by Crippen LogP contribution is -2.33. The van der Waals surface area contributed by atoms with Crippen molar-refractivity contribution in [2.45, 2.75) is 60.8 Å². The number of likely N-dealkylation sites (N-methyl/N-ethyl adjacent to an activating group) is 2. The Kier molecular flexibility index (Phi) is 22.3. The molecular weight excluding hydrogens is 676 g/mol. The number of hydrogen-bond donors (Lipinski definition) is 2. The van der Waals surface area contributed by atoms with Crippen molar-refractivity contribution in [3.63, 3.8) is 0 Å². The molecule has 292 valence electrons. The molecule has 53 heavy (non-hydrogen) atoms. The van der Waals surface area contributed by atoms with Gasteiger partial charge >= 0.3 is 11.9 Å². The zero-order valence-corrected chi connectivity index (χ0v) is 32.5. The molecule has 2 aromatic rings. The van der Waals surface area contributed by atoms with E-state index >= 15 is 0 Å². The Hall–Kier alpha value is -4.36. The summed E-state index contributed by atoms with van der Waals surface area (Å²) in [5.74, 6) is -0.124. The van der Waals surface area contributed by atoms with Gasteiger partial charge in [0.05, 0.1) is 32.5 Å². The number of rotatable bonds is 28. The third kappa shape index (κ3) is 18.3. The predicted molar refractivity (Wildman–Crippen MR) is 210 cm³/mol. The molecule has 0 saturated heterocycles. The first-order chi connectivity index (χ1) is 25.6. The third-order valence-corrected chi connectivity index (χ3v) is 8.26. The van der Waals surface area contributed by atoms with Gasteiger partial charge in [-0.15, -0.1) is 0 Å². The molecule has 2 aromatic carbocycles. The van der Waals surface area contributed by atoms with Crippen LogP contribution in [0.1, 0.15) is 71.9 Å². The molecule has 0 amide bonds. The van der Waals surface area contributed by atoms with Crippen molar-refractivity contribution in [2.24, 2.45) is 0 Å². The van der Waals surface area contributed by atoms with Crippen LogP contribution in [0, 0.1) is 0 Å². The van der Waals surface area contributed by atoms with Gasteiger partial charge in [0, 0.05) is 39.3 Å². The first-order valence-electron chi connectivity index (χ1n) is 18.9. The summed E-state index contributed by atoms with van der Waals surface area (Å²) in [6.45, 7) is 21.2. The molecule has 0 unspecified atom stereocenters. The first kappa shape index (κ1) is 44.8. The standard InChI is InChI=1S/C41H60N4O8/c1-7-44(8-2)27-25-42-23-21-40(48)52-36-19-15-32(29-38(36)50-11-5)13-17-34(46)31-35(47)18-14-33-16-20-37(39(30-33)51-12-6)53-41(49)22-24-43-26-28-45(9-3)10-4/h13-20,29-30,42-43H,7-12,21-28,31H2,1-6H3/b17-13+,18-14+. The van der Waals surface area contributed by atoms with Gasteiger partial charge in [0.1, 0.15) is 0 Å². The summed E-state index contributed by atoms with van der Waals surface area (Å²) >= 11 is 0. The summed E-state index contributed by atoms with van der Waals surface area (Å²) in [5.41, 5.74) is 1.30. The number of hydrogen-bond acceptors (Lipinski definition) is 12. The summed E-state index contributed by atoms with van der Waals surface area (Å²) in [7, 11) is 0. The molecule has 0 bridgehead atoms. The van der Waals surface area contributed by atoms with Crippen LogP contribution in [0.5, 0.6) is 23.0 Å². The van der Waals surface area contributed by atoms with Crippen LogP contribution < -0.4 is 29.6 Å². The molecule has 2 N–H and O–H groups in total. The molecule has 0 radical (unpaired) electrons. The van der Waals surface area contributed by atoms with E-state index in [0.717, 1.165) is 52.4 Å². The number of carbonyl (C=O) groups is 4. The lowest BCUT2D eigenvalue weighted by Gasteiger charge is -2.17. The normalized spacial score (nSPS) is 11.5. The number of ether oxygens (including phenoxy) is 4. The van der Waals surface area contributed by atoms with Crippen LogP contribution in [0.25, 0.3) is 12.2 Å². The minimum absolute atomic E-state index is 0.215. The largest absolute Gasteiger partial charge is 0.490 e. The maximum Gasteiger partial charge on any atom is 0.312 e. The number of nitrogens with one attached hydrogen (secondary N) is 2. The van der Waals surface area contributed by atoms with E-state index in [1.807, 2.05) is 13.8 Å². The van der Waals surface area contributed by atoms with E-state index < -0.39 is 0 Å². The van der Waals surface area contributed by atoms with Crippen molar-refractivity contribution in [2.75, 3.05) is 78.7 Å². The van der Waals surface area contributed by atoms with Gasteiger partial charge in [0.15, 0.2) is 34.6 Å². The Morgan fingerprint density at radius 2 is 0.962 bits per heavy atom. The fraction of sp³-hybridized carbons (Fsp3) is 0.512. The monoisotopic (exact) mass is 736 g/mol.